The summed E-state index contributed by atoms with van der Waals surface area (Å²) in [6, 6.07) is 12.8. The van der Waals surface area contributed by atoms with Crippen LogP contribution in [0.25, 0.3) is 11.4 Å². The highest BCUT2D eigenvalue weighted by molar-refractivity contribution is 5.94. The summed E-state index contributed by atoms with van der Waals surface area (Å²) < 4.78 is 0. The summed E-state index contributed by atoms with van der Waals surface area (Å²) in [5.41, 5.74) is 1.79. The Morgan fingerprint density at radius 1 is 1.23 bits per heavy atom. The Bertz CT molecular complexity index is 954. The van der Waals surface area contributed by atoms with Crippen molar-refractivity contribution >= 4 is 17.3 Å². The van der Waals surface area contributed by atoms with Crippen LogP contribution in [0.5, 0.6) is 0 Å². The SMILES string of the molecule is Cc1ccc([N+](=O)[O-])cc1NC(=O)[C@@H](C)n1nnc(-c2ccccc2)n1. The first-order chi connectivity index (χ1) is 12.5. The molecule has 0 aliphatic rings. The second-order valence-electron chi connectivity index (χ2n) is 5.72. The zero-order valence-corrected chi connectivity index (χ0v) is 14.2. The maximum Gasteiger partial charge on any atom is 0.271 e. The third-order valence-corrected chi connectivity index (χ3v) is 3.88. The maximum atomic E-state index is 12.5. The van der Waals surface area contributed by atoms with Gasteiger partial charge in [0.1, 0.15) is 6.04 Å². The fourth-order valence-electron chi connectivity index (χ4n) is 2.29. The summed E-state index contributed by atoms with van der Waals surface area (Å²) in [5.74, 6) is 0.0161. The van der Waals surface area contributed by atoms with Gasteiger partial charge in [-0.3, -0.25) is 14.9 Å². The van der Waals surface area contributed by atoms with Crippen molar-refractivity contribution in [3.05, 3.63) is 64.2 Å². The van der Waals surface area contributed by atoms with Crippen LogP contribution in [0.15, 0.2) is 48.5 Å². The Balaban J connectivity index is 1.78. The molecule has 0 saturated heterocycles. The molecule has 3 aromatic rings. The first kappa shape index (κ1) is 17.2. The van der Waals surface area contributed by atoms with Gasteiger partial charge in [-0.2, -0.15) is 4.80 Å². The average Bonchev–Trinajstić information content (AvgIpc) is 3.13. The summed E-state index contributed by atoms with van der Waals surface area (Å²) in [7, 11) is 0. The van der Waals surface area contributed by atoms with Crippen LogP contribution in [0, 0.1) is 17.0 Å². The largest absolute Gasteiger partial charge is 0.324 e. The van der Waals surface area contributed by atoms with Gasteiger partial charge in [-0.05, 0) is 24.6 Å². The van der Waals surface area contributed by atoms with Gasteiger partial charge < -0.3 is 5.32 Å². The van der Waals surface area contributed by atoms with E-state index < -0.39 is 16.9 Å². The van der Waals surface area contributed by atoms with Crippen molar-refractivity contribution in [3.63, 3.8) is 0 Å². The number of anilines is 1. The number of aromatic nitrogens is 4. The fraction of sp³-hybridized carbons (Fsp3) is 0.176. The summed E-state index contributed by atoms with van der Waals surface area (Å²) >= 11 is 0. The van der Waals surface area contributed by atoms with E-state index in [9.17, 15) is 14.9 Å². The van der Waals surface area contributed by atoms with Crippen molar-refractivity contribution in [2.75, 3.05) is 5.32 Å². The van der Waals surface area contributed by atoms with Crippen molar-refractivity contribution < 1.29 is 9.72 Å². The van der Waals surface area contributed by atoms with E-state index in [0.717, 1.165) is 5.56 Å². The van der Waals surface area contributed by atoms with E-state index >= 15 is 0 Å². The molecule has 0 unspecified atom stereocenters. The van der Waals surface area contributed by atoms with Crippen molar-refractivity contribution in [2.45, 2.75) is 19.9 Å². The number of non-ortho nitro benzene ring substituents is 1. The number of nitrogens with one attached hydrogen (secondary N) is 1. The minimum atomic E-state index is -0.737. The lowest BCUT2D eigenvalue weighted by Gasteiger charge is -2.12. The molecule has 0 radical (unpaired) electrons. The van der Waals surface area contributed by atoms with Crippen molar-refractivity contribution in [1.82, 2.24) is 20.2 Å². The standard InChI is InChI=1S/C17H16N6O3/c1-11-8-9-14(23(25)26)10-15(11)18-17(24)12(2)22-20-16(19-21-22)13-6-4-3-5-7-13/h3-10,12H,1-2H3,(H,18,24)/t12-/m1/s1. The summed E-state index contributed by atoms with van der Waals surface area (Å²) in [4.78, 5) is 24.1. The van der Waals surface area contributed by atoms with Crippen LogP contribution < -0.4 is 5.32 Å². The second kappa shape index (κ2) is 7.09. The van der Waals surface area contributed by atoms with Crippen LogP contribution in [0.4, 0.5) is 11.4 Å². The van der Waals surface area contributed by atoms with E-state index in [2.05, 4.69) is 20.7 Å². The Morgan fingerprint density at radius 2 is 1.96 bits per heavy atom. The molecule has 0 fully saturated rings. The lowest BCUT2D eigenvalue weighted by Crippen LogP contribution is -2.25. The van der Waals surface area contributed by atoms with Gasteiger partial charge in [0.25, 0.3) is 11.6 Å². The molecule has 2 aromatic carbocycles. The number of amides is 1. The molecule has 9 heteroatoms. The van der Waals surface area contributed by atoms with E-state index in [1.165, 1.54) is 16.9 Å². The molecule has 3 rings (SSSR count). The average molecular weight is 352 g/mol. The van der Waals surface area contributed by atoms with Crippen LogP contribution in [0.3, 0.4) is 0 Å². The highest BCUT2D eigenvalue weighted by Crippen LogP contribution is 2.23. The van der Waals surface area contributed by atoms with Crippen molar-refractivity contribution in [2.24, 2.45) is 0 Å². The number of nitro groups is 1. The van der Waals surface area contributed by atoms with E-state index in [4.69, 9.17) is 0 Å². The predicted molar refractivity (Wildman–Crippen MR) is 94.4 cm³/mol. The molecule has 1 atom stereocenters. The van der Waals surface area contributed by atoms with Gasteiger partial charge in [-0.25, -0.2) is 0 Å². The molecular formula is C17H16N6O3. The zero-order chi connectivity index (χ0) is 18.7. The first-order valence-electron chi connectivity index (χ1n) is 7.86. The minimum Gasteiger partial charge on any atom is -0.324 e. The monoisotopic (exact) mass is 352 g/mol. The lowest BCUT2D eigenvalue weighted by atomic mass is 10.1. The van der Waals surface area contributed by atoms with Gasteiger partial charge in [0.05, 0.1) is 10.6 Å². The number of hydrogen-bond acceptors (Lipinski definition) is 6. The number of carbonyl (C=O) groups is 1. The van der Waals surface area contributed by atoms with Crippen LogP contribution >= 0.6 is 0 Å². The fourth-order valence-corrected chi connectivity index (χ4v) is 2.29. The Morgan fingerprint density at radius 3 is 2.65 bits per heavy atom. The van der Waals surface area contributed by atoms with Gasteiger partial charge >= 0.3 is 0 Å². The zero-order valence-electron chi connectivity index (χ0n) is 14.2. The molecule has 0 spiro atoms. The molecule has 132 valence electrons. The van der Waals surface area contributed by atoms with Gasteiger partial charge in [-0.15, -0.1) is 10.2 Å². The van der Waals surface area contributed by atoms with E-state index in [-0.39, 0.29) is 5.69 Å². The molecule has 0 saturated carbocycles. The third-order valence-electron chi connectivity index (χ3n) is 3.88. The predicted octanol–water partition coefficient (Wildman–Crippen LogP) is 2.76. The second-order valence-corrected chi connectivity index (χ2v) is 5.72. The van der Waals surface area contributed by atoms with Crippen LogP contribution in [-0.4, -0.2) is 31.0 Å². The molecule has 0 bridgehead atoms. The quantitative estimate of drug-likeness (QED) is 0.557. The first-order valence-corrected chi connectivity index (χ1v) is 7.86. The summed E-state index contributed by atoms with van der Waals surface area (Å²) in [6.45, 7) is 3.38. The highest BCUT2D eigenvalue weighted by Gasteiger charge is 2.20. The topological polar surface area (TPSA) is 116 Å². The number of hydrogen-bond donors (Lipinski definition) is 1. The molecule has 1 heterocycles. The molecule has 9 nitrogen and oxygen atoms in total. The summed E-state index contributed by atoms with van der Waals surface area (Å²) in [6.07, 6.45) is 0. The maximum absolute atomic E-state index is 12.5. The Hall–Kier alpha value is -3.62. The van der Waals surface area contributed by atoms with Gasteiger partial charge in [0, 0.05) is 17.7 Å². The van der Waals surface area contributed by atoms with Crippen molar-refractivity contribution in [1.29, 1.82) is 0 Å². The minimum absolute atomic E-state index is 0.0937. The van der Waals surface area contributed by atoms with Crippen molar-refractivity contribution in [3.8, 4) is 11.4 Å². The number of nitrogens with zero attached hydrogens (tertiary/aromatic N) is 5. The van der Waals surface area contributed by atoms with E-state index in [1.54, 1.807) is 19.9 Å². The molecule has 1 N–H and O–H groups in total. The van der Waals surface area contributed by atoms with Crippen LogP contribution in [0.2, 0.25) is 0 Å². The highest BCUT2D eigenvalue weighted by atomic mass is 16.6. The van der Waals surface area contributed by atoms with Gasteiger partial charge in [0.2, 0.25) is 5.82 Å². The third kappa shape index (κ3) is 3.56. The summed E-state index contributed by atoms with van der Waals surface area (Å²) in [5, 5.41) is 25.7. The normalized spacial score (nSPS) is 11.8. The molecule has 1 amide bonds. The number of aryl methyl sites for hydroxylation is 1. The van der Waals surface area contributed by atoms with Crippen LogP contribution in [0.1, 0.15) is 18.5 Å². The number of rotatable bonds is 5. The van der Waals surface area contributed by atoms with Crippen LogP contribution in [-0.2, 0) is 4.79 Å². The number of nitro benzene ring substituents is 1. The smallest absolute Gasteiger partial charge is 0.271 e. The Labute approximate surface area is 148 Å². The number of tetrazole rings is 1. The molecular weight excluding hydrogens is 336 g/mol. The molecule has 0 aliphatic carbocycles. The van der Waals surface area contributed by atoms with Gasteiger partial charge in [0.15, 0.2) is 0 Å². The van der Waals surface area contributed by atoms with Gasteiger partial charge in [-0.1, -0.05) is 36.4 Å². The van der Waals surface area contributed by atoms with E-state index in [0.29, 0.717) is 17.1 Å². The Kier molecular flexibility index (Phi) is 4.70. The molecule has 0 aliphatic heterocycles. The number of carbonyl (C=O) groups excluding carboxylic acids is 1. The lowest BCUT2D eigenvalue weighted by molar-refractivity contribution is -0.384. The molecule has 1 aromatic heterocycles. The number of benzene rings is 2. The van der Waals surface area contributed by atoms with E-state index in [1.807, 2.05) is 30.3 Å². The molecule has 26 heavy (non-hydrogen) atoms.